The van der Waals surface area contributed by atoms with E-state index in [1.54, 1.807) is 38.1 Å². The number of urea groups is 1. The maximum absolute atomic E-state index is 12.1. The van der Waals surface area contributed by atoms with Crippen LogP contribution in [0.3, 0.4) is 0 Å². The van der Waals surface area contributed by atoms with Crippen LogP contribution < -0.4 is 15.4 Å². The molecular weight excluding hydrogens is 304 g/mol. The van der Waals surface area contributed by atoms with Crippen LogP contribution in [0.25, 0.3) is 0 Å². The van der Waals surface area contributed by atoms with Crippen LogP contribution in [0.5, 0.6) is 6.01 Å². The zero-order valence-corrected chi connectivity index (χ0v) is 13.4. The number of hydrogen-bond acceptors (Lipinski definition) is 4. The highest BCUT2D eigenvalue weighted by Gasteiger charge is 2.12. The fraction of sp³-hybridized carbons (Fsp3) is 0.267. The number of amides is 2. The Morgan fingerprint density at radius 2 is 1.91 bits per heavy atom. The van der Waals surface area contributed by atoms with Crippen LogP contribution in [0.15, 0.2) is 24.3 Å². The SMILES string of the molecule is CCOc1nc(C)c(NC(=O)Nc2cccc(Cl)c2)c(C)n1. The summed E-state index contributed by atoms with van der Waals surface area (Å²) < 4.78 is 5.27. The van der Waals surface area contributed by atoms with Gasteiger partial charge in [0.25, 0.3) is 0 Å². The molecule has 2 rings (SSSR count). The molecule has 0 atom stereocenters. The maximum Gasteiger partial charge on any atom is 0.323 e. The molecule has 2 amide bonds. The van der Waals surface area contributed by atoms with E-state index in [9.17, 15) is 4.79 Å². The number of anilines is 2. The van der Waals surface area contributed by atoms with Crippen LogP contribution in [-0.2, 0) is 0 Å². The molecule has 7 heteroatoms. The molecule has 22 heavy (non-hydrogen) atoms. The second-order valence-corrected chi connectivity index (χ2v) is 5.01. The van der Waals surface area contributed by atoms with Gasteiger partial charge in [0.2, 0.25) is 0 Å². The molecule has 2 N–H and O–H groups in total. The van der Waals surface area contributed by atoms with Gasteiger partial charge in [-0.1, -0.05) is 17.7 Å². The Morgan fingerprint density at radius 3 is 2.50 bits per heavy atom. The standard InChI is InChI=1S/C15H17ClN4O2/c1-4-22-15-17-9(2)13(10(3)18-15)20-14(21)19-12-7-5-6-11(16)8-12/h5-8H,4H2,1-3H3,(H2,19,20,21). The number of aromatic nitrogens is 2. The fourth-order valence-corrected chi connectivity index (χ4v) is 2.09. The third-order valence-corrected chi connectivity index (χ3v) is 3.08. The predicted octanol–water partition coefficient (Wildman–Crippen LogP) is 3.79. The first kappa shape index (κ1) is 16.0. The van der Waals surface area contributed by atoms with Gasteiger partial charge in [0.15, 0.2) is 0 Å². The number of carbonyl (C=O) groups excluding carboxylic acids is 1. The van der Waals surface area contributed by atoms with Gasteiger partial charge in [-0.2, -0.15) is 9.97 Å². The monoisotopic (exact) mass is 320 g/mol. The minimum absolute atomic E-state index is 0.304. The molecule has 0 bridgehead atoms. The van der Waals surface area contributed by atoms with Gasteiger partial charge in [-0.25, -0.2) is 4.79 Å². The van der Waals surface area contributed by atoms with Crippen molar-refractivity contribution in [3.05, 3.63) is 40.7 Å². The first-order valence-corrected chi connectivity index (χ1v) is 7.19. The first-order chi connectivity index (χ1) is 10.5. The highest BCUT2D eigenvalue weighted by atomic mass is 35.5. The number of aryl methyl sites for hydroxylation is 2. The Hall–Kier alpha value is -2.34. The van der Waals surface area contributed by atoms with E-state index in [0.717, 1.165) is 0 Å². The van der Waals surface area contributed by atoms with Gasteiger partial charge in [0, 0.05) is 10.7 Å². The lowest BCUT2D eigenvalue weighted by Crippen LogP contribution is -2.21. The van der Waals surface area contributed by atoms with E-state index in [1.165, 1.54) is 0 Å². The van der Waals surface area contributed by atoms with Gasteiger partial charge in [-0.15, -0.1) is 0 Å². The summed E-state index contributed by atoms with van der Waals surface area (Å²) in [4.78, 5) is 20.5. The predicted molar refractivity (Wildman–Crippen MR) is 86.8 cm³/mol. The largest absolute Gasteiger partial charge is 0.464 e. The summed E-state index contributed by atoms with van der Waals surface area (Å²) in [5, 5.41) is 6.00. The zero-order chi connectivity index (χ0) is 16.1. The molecule has 0 aliphatic rings. The molecule has 6 nitrogen and oxygen atoms in total. The zero-order valence-electron chi connectivity index (χ0n) is 12.6. The molecule has 1 aromatic carbocycles. The molecule has 0 saturated heterocycles. The normalized spacial score (nSPS) is 10.2. The van der Waals surface area contributed by atoms with Crippen molar-refractivity contribution in [3.8, 4) is 6.01 Å². The molecule has 0 spiro atoms. The molecule has 0 unspecified atom stereocenters. The number of ether oxygens (including phenoxy) is 1. The highest BCUT2D eigenvalue weighted by Crippen LogP contribution is 2.20. The lowest BCUT2D eigenvalue weighted by Gasteiger charge is -2.13. The summed E-state index contributed by atoms with van der Waals surface area (Å²) >= 11 is 5.88. The molecule has 116 valence electrons. The average molecular weight is 321 g/mol. The van der Waals surface area contributed by atoms with E-state index in [2.05, 4.69) is 20.6 Å². The molecule has 0 aliphatic heterocycles. The quantitative estimate of drug-likeness (QED) is 0.898. The molecule has 0 saturated carbocycles. The minimum Gasteiger partial charge on any atom is -0.464 e. The van der Waals surface area contributed by atoms with Crippen molar-refractivity contribution in [3.63, 3.8) is 0 Å². The third-order valence-electron chi connectivity index (χ3n) is 2.84. The minimum atomic E-state index is -0.388. The Morgan fingerprint density at radius 1 is 1.23 bits per heavy atom. The second kappa shape index (κ2) is 7.09. The number of carbonyl (C=O) groups is 1. The Balaban J connectivity index is 2.11. The van der Waals surface area contributed by atoms with Gasteiger partial charge in [0.1, 0.15) is 0 Å². The summed E-state index contributed by atoms with van der Waals surface area (Å²) in [5.41, 5.74) is 2.43. The van der Waals surface area contributed by atoms with E-state index < -0.39 is 0 Å². The third kappa shape index (κ3) is 4.08. The van der Waals surface area contributed by atoms with Crippen LogP contribution in [0.4, 0.5) is 16.2 Å². The summed E-state index contributed by atoms with van der Waals surface area (Å²) in [7, 11) is 0. The molecule has 2 aromatic rings. The average Bonchev–Trinajstić information content (AvgIpc) is 2.43. The molecule has 0 radical (unpaired) electrons. The Labute approximate surface area is 133 Å². The number of benzene rings is 1. The number of hydrogen-bond donors (Lipinski definition) is 2. The van der Waals surface area contributed by atoms with E-state index >= 15 is 0 Å². The van der Waals surface area contributed by atoms with Crippen molar-refractivity contribution in [1.82, 2.24) is 9.97 Å². The number of nitrogens with zero attached hydrogens (tertiary/aromatic N) is 2. The van der Waals surface area contributed by atoms with Gasteiger partial charge in [0.05, 0.1) is 23.7 Å². The van der Waals surface area contributed by atoms with E-state index in [1.807, 2.05) is 6.92 Å². The number of halogens is 1. The van der Waals surface area contributed by atoms with Crippen LogP contribution in [0.2, 0.25) is 5.02 Å². The summed E-state index contributed by atoms with van der Waals surface area (Å²) in [6.07, 6.45) is 0. The van der Waals surface area contributed by atoms with E-state index in [4.69, 9.17) is 16.3 Å². The number of nitrogens with one attached hydrogen (secondary N) is 2. The van der Waals surface area contributed by atoms with Crippen LogP contribution in [-0.4, -0.2) is 22.6 Å². The van der Waals surface area contributed by atoms with Crippen LogP contribution in [0, 0.1) is 13.8 Å². The van der Waals surface area contributed by atoms with Crippen molar-refractivity contribution in [2.75, 3.05) is 17.2 Å². The highest BCUT2D eigenvalue weighted by molar-refractivity contribution is 6.30. The van der Waals surface area contributed by atoms with Crippen LogP contribution in [0.1, 0.15) is 18.3 Å². The molecular formula is C15H17ClN4O2. The van der Waals surface area contributed by atoms with Crippen LogP contribution >= 0.6 is 11.6 Å². The Kier molecular flexibility index (Phi) is 5.16. The van der Waals surface area contributed by atoms with Gasteiger partial charge < -0.3 is 15.4 Å². The van der Waals surface area contributed by atoms with Crippen molar-refractivity contribution < 1.29 is 9.53 Å². The summed E-state index contributed by atoms with van der Waals surface area (Å²) in [6, 6.07) is 6.82. The van der Waals surface area contributed by atoms with Gasteiger partial charge >= 0.3 is 12.0 Å². The molecule has 1 aromatic heterocycles. The van der Waals surface area contributed by atoms with E-state index in [-0.39, 0.29) is 6.03 Å². The van der Waals surface area contributed by atoms with E-state index in [0.29, 0.717) is 40.4 Å². The summed E-state index contributed by atoms with van der Waals surface area (Å²) in [5.74, 6) is 0. The van der Waals surface area contributed by atoms with Gasteiger partial charge in [-0.3, -0.25) is 0 Å². The van der Waals surface area contributed by atoms with Crippen molar-refractivity contribution in [2.45, 2.75) is 20.8 Å². The maximum atomic E-state index is 12.1. The van der Waals surface area contributed by atoms with Crippen molar-refractivity contribution in [1.29, 1.82) is 0 Å². The number of rotatable bonds is 4. The smallest absolute Gasteiger partial charge is 0.323 e. The second-order valence-electron chi connectivity index (χ2n) is 4.57. The molecule has 1 heterocycles. The first-order valence-electron chi connectivity index (χ1n) is 6.81. The molecule has 0 aliphatic carbocycles. The lowest BCUT2D eigenvalue weighted by atomic mass is 10.3. The fourth-order valence-electron chi connectivity index (χ4n) is 1.90. The lowest BCUT2D eigenvalue weighted by molar-refractivity contribution is 0.262. The van der Waals surface area contributed by atoms with Gasteiger partial charge in [-0.05, 0) is 39.0 Å². The van der Waals surface area contributed by atoms with Crippen molar-refractivity contribution in [2.24, 2.45) is 0 Å². The Bertz CT molecular complexity index is 668. The van der Waals surface area contributed by atoms with Crippen molar-refractivity contribution >= 4 is 29.0 Å². The topological polar surface area (TPSA) is 76.1 Å². The molecule has 0 fully saturated rings. The summed E-state index contributed by atoms with van der Waals surface area (Å²) in [6.45, 7) is 5.91.